The van der Waals surface area contributed by atoms with E-state index in [2.05, 4.69) is 11.9 Å². The average Bonchev–Trinajstić information content (AvgIpc) is 3.27. The first-order valence-electron chi connectivity index (χ1n) is 10.5. The first-order chi connectivity index (χ1) is 14.6. The highest BCUT2D eigenvalue weighted by Crippen LogP contribution is 2.33. The van der Waals surface area contributed by atoms with E-state index in [1.807, 2.05) is 64.3 Å². The maximum atomic E-state index is 11.2. The molecule has 0 amide bonds. The average molecular weight is 434 g/mol. The second-order valence-corrected chi connectivity index (χ2v) is 6.20. The van der Waals surface area contributed by atoms with Crippen molar-refractivity contribution in [2.45, 2.75) is 60.5 Å². The molecule has 2 heterocycles. The van der Waals surface area contributed by atoms with Gasteiger partial charge in [-0.1, -0.05) is 60.2 Å². The van der Waals surface area contributed by atoms with Gasteiger partial charge in [0.05, 0.1) is 12.8 Å². The number of nitrogens with zero attached hydrogens (tertiary/aromatic N) is 3. The summed E-state index contributed by atoms with van der Waals surface area (Å²) in [7, 11) is 1.54. The fourth-order valence-corrected chi connectivity index (χ4v) is 3.05. The monoisotopic (exact) mass is 433 g/mol. The van der Waals surface area contributed by atoms with E-state index in [-0.39, 0.29) is 5.97 Å². The quantitative estimate of drug-likeness (QED) is 0.197. The summed E-state index contributed by atoms with van der Waals surface area (Å²) in [5.41, 5.74) is 2.49. The van der Waals surface area contributed by atoms with Gasteiger partial charge in [0, 0.05) is 30.9 Å². The van der Waals surface area contributed by atoms with E-state index in [0.717, 1.165) is 27.8 Å². The molecule has 1 aromatic carbocycles. The smallest absolute Gasteiger partial charge is 0.308 e. The molecule has 6 nitrogen and oxygen atoms in total. The van der Waals surface area contributed by atoms with Crippen molar-refractivity contribution in [1.82, 2.24) is 14.4 Å². The molecule has 0 N–H and O–H groups in total. The van der Waals surface area contributed by atoms with Crippen LogP contribution >= 0.6 is 11.8 Å². The van der Waals surface area contributed by atoms with Crippen molar-refractivity contribution in [3.63, 3.8) is 0 Å². The maximum Gasteiger partial charge on any atom is 0.308 e. The summed E-state index contributed by atoms with van der Waals surface area (Å²) >= 11 is 1.65. The van der Waals surface area contributed by atoms with E-state index in [0.29, 0.717) is 11.5 Å². The molecule has 0 aliphatic heterocycles. The summed E-state index contributed by atoms with van der Waals surface area (Å²) in [6, 6.07) is 7.28. The number of esters is 1. The van der Waals surface area contributed by atoms with Crippen LogP contribution in [-0.4, -0.2) is 33.2 Å². The summed E-state index contributed by atoms with van der Waals surface area (Å²) in [4.78, 5) is 20.2. The number of fused-ring (bicyclic) bond motifs is 1. The summed E-state index contributed by atoms with van der Waals surface area (Å²) in [5.74, 6) is 1.40. The van der Waals surface area contributed by atoms with E-state index in [9.17, 15) is 4.79 Å². The van der Waals surface area contributed by atoms with Crippen LogP contribution in [0.3, 0.4) is 0 Å². The number of carbonyl (C=O) groups excluding carboxylic acids is 1. The summed E-state index contributed by atoms with van der Waals surface area (Å²) < 4.78 is 12.4. The number of hydrogen-bond donors (Lipinski definition) is 0. The Hall–Kier alpha value is -2.54. The zero-order valence-corrected chi connectivity index (χ0v) is 20.5. The van der Waals surface area contributed by atoms with Gasteiger partial charge in [0.2, 0.25) is 0 Å². The van der Waals surface area contributed by atoms with Crippen LogP contribution in [0.25, 0.3) is 16.9 Å². The largest absolute Gasteiger partial charge is 0.493 e. The van der Waals surface area contributed by atoms with Crippen LogP contribution in [0.5, 0.6) is 11.5 Å². The van der Waals surface area contributed by atoms with Crippen LogP contribution in [0.15, 0.2) is 41.8 Å². The number of ether oxygens (including phenoxy) is 2. The summed E-state index contributed by atoms with van der Waals surface area (Å²) in [6.45, 7) is 15.4. The topological polar surface area (TPSA) is 65.7 Å². The molecule has 0 aliphatic rings. The Bertz CT molecular complexity index is 895. The Balaban J connectivity index is 0.00000129. The van der Waals surface area contributed by atoms with Crippen LogP contribution in [0.4, 0.5) is 0 Å². The third-order valence-corrected chi connectivity index (χ3v) is 4.18. The van der Waals surface area contributed by atoms with Gasteiger partial charge in [0.1, 0.15) is 5.65 Å². The molecular weight excluding hydrogens is 398 g/mol. The van der Waals surface area contributed by atoms with E-state index in [1.165, 1.54) is 14.0 Å². The van der Waals surface area contributed by atoms with Crippen LogP contribution in [0, 0.1) is 0 Å². The van der Waals surface area contributed by atoms with Crippen LogP contribution < -0.4 is 9.47 Å². The van der Waals surface area contributed by atoms with E-state index in [1.54, 1.807) is 30.1 Å². The number of hydrogen-bond acceptors (Lipinski definition) is 6. The van der Waals surface area contributed by atoms with Gasteiger partial charge in [-0.25, -0.2) is 9.97 Å². The number of aromatic nitrogens is 3. The summed E-state index contributed by atoms with van der Waals surface area (Å²) in [6.07, 6.45) is 3.65. The lowest BCUT2D eigenvalue weighted by Crippen LogP contribution is -2.03. The van der Waals surface area contributed by atoms with E-state index < -0.39 is 0 Å². The van der Waals surface area contributed by atoms with Crippen molar-refractivity contribution < 1.29 is 14.3 Å². The first kappa shape index (κ1) is 27.5. The Labute approximate surface area is 185 Å². The maximum absolute atomic E-state index is 11.2. The molecule has 7 heteroatoms. The lowest BCUT2D eigenvalue weighted by atomic mass is 10.1. The normalized spacial score (nSPS) is 9.23. The fraction of sp³-hybridized carbons (Fsp3) is 0.435. The number of imidazole rings is 1. The molecule has 0 saturated heterocycles. The predicted molar refractivity (Wildman–Crippen MR) is 127 cm³/mol. The summed E-state index contributed by atoms with van der Waals surface area (Å²) in [5, 5.41) is 0.880. The van der Waals surface area contributed by atoms with Gasteiger partial charge in [-0.15, -0.1) is 0 Å². The molecule has 0 radical (unpaired) electrons. The molecule has 0 bridgehead atoms. The van der Waals surface area contributed by atoms with Gasteiger partial charge < -0.3 is 9.47 Å². The lowest BCUT2D eigenvalue weighted by Gasteiger charge is -2.11. The Kier molecular flexibility index (Phi) is 14.0. The molecule has 30 heavy (non-hydrogen) atoms. The second kappa shape index (κ2) is 15.3. The van der Waals surface area contributed by atoms with Gasteiger partial charge in [0.15, 0.2) is 16.7 Å². The van der Waals surface area contributed by atoms with Crippen LogP contribution in [-0.2, 0) is 4.79 Å². The van der Waals surface area contributed by atoms with Crippen molar-refractivity contribution in [2.24, 2.45) is 0 Å². The van der Waals surface area contributed by atoms with Gasteiger partial charge >= 0.3 is 5.97 Å². The van der Waals surface area contributed by atoms with Gasteiger partial charge in [-0.2, -0.15) is 0 Å². The molecule has 0 spiro atoms. The van der Waals surface area contributed by atoms with Crippen molar-refractivity contribution in [1.29, 1.82) is 0 Å². The Morgan fingerprint density at radius 3 is 2.30 bits per heavy atom. The lowest BCUT2D eigenvalue weighted by molar-refractivity contribution is -0.132. The SMILES string of the molecule is CC.CC.CC.CCSc1nc(-c2ccc(OC(C)=O)c(OC)c2)cc2nccn12. The minimum absolute atomic E-state index is 0.388. The van der Waals surface area contributed by atoms with Crippen molar-refractivity contribution in [3.8, 4) is 22.8 Å². The number of thioether (sulfide) groups is 1. The predicted octanol–water partition coefficient (Wildman–Crippen LogP) is 6.52. The number of rotatable bonds is 5. The van der Waals surface area contributed by atoms with Crippen LogP contribution in [0.1, 0.15) is 55.4 Å². The van der Waals surface area contributed by atoms with Crippen molar-refractivity contribution >= 4 is 23.4 Å². The van der Waals surface area contributed by atoms with Gasteiger partial charge in [-0.05, 0) is 24.0 Å². The van der Waals surface area contributed by atoms with Crippen molar-refractivity contribution in [2.75, 3.05) is 12.9 Å². The zero-order chi connectivity index (χ0) is 23.1. The molecule has 0 atom stereocenters. The van der Waals surface area contributed by atoms with E-state index in [4.69, 9.17) is 14.5 Å². The molecule has 0 aliphatic carbocycles. The molecule has 0 saturated carbocycles. The first-order valence-corrected chi connectivity index (χ1v) is 11.4. The second-order valence-electron chi connectivity index (χ2n) is 4.97. The minimum Gasteiger partial charge on any atom is -0.493 e. The number of carbonyl (C=O) groups is 1. The van der Waals surface area contributed by atoms with Crippen molar-refractivity contribution in [3.05, 3.63) is 36.7 Å². The molecule has 3 aromatic rings. The number of benzene rings is 1. The minimum atomic E-state index is -0.389. The standard InChI is InChI=1S/C17H17N3O3S.3C2H6/c1-4-24-17-19-13(10-16-18-7-8-20(16)17)12-5-6-14(23-11(2)21)15(9-12)22-3;3*1-2/h5-10H,4H2,1-3H3;3*1-2H3. The van der Waals surface area contributed by atoms with Gasteiger partial charge in [0.25, 0.3) is 0 Å². The zero-order valence-electron chi connectivity index (χ0n) is 19.6. The molecule has 0 fully saturated rings. The number of methoxy groups -OCH3 is 1. The third kappa shape index (κ3) is 7.37. The van der Waals surface area contributed by atoms with E-state index >= 15 is 0 Å². The Morgan fingerprint density at radius 1 is 1.07 bits per heavy atom. The fourth-order valence-electron chi connectivity index (χ4n) is 2.34. The molecule has 2 aromatic heterocycles. The molecule has 0 unspecified atom stereocenters. The highest BCUT2D eigenvalue weighted by molar-refractivity contribution is 7.99. The molecular formula is C23H35N3O3S. The third-order valence-electron chi connectivity index (χ3n) is 3.34. The Morgan fingerprint density at radius 2 is 1.73 bits per heavy atom. The van der Waals surface area contributed by atoms with Gasteiger partial charge in [-0.3, -0.25) is 9.20 Å². The van der Waals surface area contributed by atoms with Crippen LogP contribution in [0.2, 0.25) is 0 Å². The molecule has 3 rings (SSSR count). The highest BCUT2D eigenvalue weighted by Gasteiger charge is 2.12. The highest BCUT2D eigenvalue weighted by atomic mass is 32.2. The molecule has 166 valence electrons.